The Morgan fingerprint density at radius 3 is 3.06 bits per heavy atom. The van der Waals surface area contributed by atoms with Crippen LogP contribution in [0, 0.1) is 0 Å². The second-order valence-corrected chi connectivity index (χ2v) is 4.85. The molecule has 0 aliphatic carbocycles. The summed E-state index contributed by atoms with van der Waals surface area (Å²) in [4.78, 5) is 4.19. The van der Waals surface area contributed by atoms with Crippen molar-refractivity contribution in [1.29, 1.82) is 0 Å². The molecule has 0 amide bonds. The zero-order valence-corrected chi connectivity index (χ0v) is 10.9. The van der Waals surface area contributed by atoms with Crippen molar-refractivity contribution in [1.82, 2.24) is 10.3 Å². The summed E-state index contributed by atoms with van der Waals surface area (Å²) < 4.78 is 0. The second-order valence-electron chi connectivity index (χ2n) is 3.44. The van der Waals surface area contributed by atoms with Crippen molar-refractivity contribution in [3.8, 4) is 0 Å². The Labute approximate surface area is 106 Å². The average Bonchev–Trinajstić information content (AvgIpc) is 2.31. The lowest BCUT2D eigenvalue weighted by Gasteiger charge is -2.15. The van der Waals surface area contributed by atoms with Gasteiger partial charge in [-0.2, -0.15) is 0 Å². The van der Waals surface area contributed by atoms with E-state index in [2.05, 4.69) is 17.2 Å². The van der Waals surface area contributed by atoms with Gasteiger partial charge in [-0.05, 0) is 25.1 Å². The van der Waals surface area contributed by atoms with E-state index in [1.54, 1.807) is 18.0 Å². The summed E-state index contributed by atoms with van der Waals surface area (Å²) in [5.74, 6) is 0.771. The predicted molar refractivity (Wildman–Crippen MR) is 69.1 cm³/mol. The van der Waals surface area contributed by atoms with Gasteiger partial charge >= 0.3 is 0 Å². The van der Waals surface area contributed by atoms with E-state index in [-0.39, 0.29) is 12.6 Å². The minimum Gasteiger partial charge on any atom is -0.395 e. The molecular weight excluding hydrogens is 244 g/mol. The number of hydrogen-bond acceptors (Lipinski definition) is 4. The van der Waals surface area contributed by atoms with Gasteiger partial charge in [0.15, 0.2) is 0 Å². The summed E-state index contributed by atoms with van der Waals surface area (Å²) in [5, 5.41) is 13.9. The summed E-state index contributed by atoms with van der Waals surface area (Å²) in [7, 11) is 0. The Kier molecular flexibility index (Phi) is 6.80. The fourth-order valence-electron chi connectivity index (χ4n) is 1.18. The number of nitrogens with one attached hydrogen (secondary N) is 1. The van der Waals surface area contributed by atoms with Crippen molar-refractivity contribution < 1.29 is 5.11 Å². The Bertz CT molecular complexity index is 312. The van der Waals surface area contributed by atoms with E-state index in [1.807, 2.05) is 12.1 Å². The molecule has 0 saturated carbocycles. The van der Waals surface area contributed by atoms with Crippen LogP contribution < -0.4 is 5.32 Å². The summed E-state index contributed by atoms with van der Waals surface area (Å²) in [6.45, 7) is 3.16. The van der Waals surface area contributed by atoms with Crippen LogP contribution in [-0.2, 0) is 0 Å². The quantitative estimate of drug-likeness (QED) is 0.738. The van der Waals surface area contributed by atoms with Gasteiger partial charge in [0.1, 0.15) is 5.03 Å². The van der Waals surface area contributed by atoms with Crippen molar-refractivity contribution >= 4 is 23.4 Å². The molecule has 1 rings (SSSR count). The first-order chi connectivity index (χ1) is 7.77. The fourth-order valence-corrected chi connectivity index (χ4v) is 2.39. The van der Waals surface area contributed by atoms with Gasteiger partial charge in [-0.25, -0.2) is 4.98 Å². The Hall–Kier alpha value is -0.290. The van der Waals surface area contributed by atoms with Gasteiger partial charge < -0.3 is 10.4 Å². The Morgan fingerprint density at radius 1 is 1.62 bits per heavy atom. The van der Waals surface area contributed by atoms with E-state index >= 15 is 0 Å². The summed E-state index contributed by atoms with van der Waals surface area (Å²) >= 11 is 7.55. The van der Waals surface area contributed by atoms with Crippen LogP contribution in [0.5, 0.6) is 0 Å². The monoisotopic (exact) mass is 260 g/mol. The van der Waals surface area contributed by atoms with Crippen molar-refractivity contribution in [2.75, 3.05) is 18.9 Å². The molecule has 90 valence electrons. The molecule has 1 aromatic heterocycles. The molecule has 0 spiro atoms. The largest absolute Gasteiger partial charge is 0.395 e. The maximum atomic E-state index is 9.17. The van der Waals surface area contributed by atoms with Crippen LogP contribution in [0.25, 0.3) is 0 Å². The second kappa shape index (κ2) is 7.90. The van der Waals surface area contributed by atoms with Crippen molar-refractivity contribution in [3.63, 3.8) is 0 Å². The third-order valence-corrected chi connectivity index (χ3v) is 3.63. The minimum absolute atomic E-state index is 0.100. The first kappa shape index (κ1) is 13.8. The van der Waals surface area contributed by atoms with Crippen LogP contribution in [-0.4, -0.2) is 35.0 Å². The van der Waals surface area contributed by atoms with Crippen LogP contribution in [0.3, 0.4) is 0 Å². The molecule has 0 aliphatic rings. The van der Waals surface area contributed by atoms with Gasteiger partial charge in [0.25, 0.3) is 0 Å². The zero-order chi connectivity index (χ0) is 11.8. The molecule has 0 saturated heterocycles. The number of aliphatic hydroxyl groups is 1. The molecule has 0 aliphatic heterocycles. The van der Waals surface area contributed by atoms with Crippen molar-refractivity contribution in [2.45, 2.75) is 24.4 Å². The van der Waals surface area contributed by atoms with Gasteiger partial charge in [-0.15, -0.1) is 11.8 Å². The third-order valence-electron chi connectivity index (χ3n) is 2.05. The summed E-state index contributed by atoms with van der Waals surface area (Å²) in [6.07, 6.45) is 2.78. The molecule has 1 atom stereocenters. The number of hydrogen-bond donors (Lipinski definition) is 2. The number of aliphatic hydroxyl groups excluding tert-OH is 1. The lowest BCUT2D eigenvalue weighted by atomic mass is 10.3. The van der Waals surface area contributed by atoms with Crippen LogP contribution in [0.1, 0.15) is 13.3 Å². The number of pyridine rings is 1. The molecule has 0 radical (unpaired) electrons. The SMILES string of the molecule is CCCNC(CO)CSc1ncccc1Cl. The van der Waals surface area contributed by atoms with E-state index < -0.39 is 0 Å². The highest BCUT2D eigenvalue weighted by Gasteiger charge is 2.08. The van der Waals surface area contributed by atoms with Crippen LogP contribution in [0.15, 0.2) is 23.4 Å². The summed E-state index contributed by atoms with van der Waals surface area (Å²) in [6, 6.07) is 3.73. The molecule has 3 nitrogen and oxygen atoms in total. The fraction of sp³-hybridized carbons (Fsp3) is 0.545. The van der Waals surface area contributed by atoms with Gasteiger partial charge in [-0.3, -0.25) is 0 Å². The molecule has 1 aromatic rings. The molecule has 0 bridgehead atoms. The van der Waals surface area contributed by atoms with Crippen LogP contribution in [0.4, 0.5) is 0 Å². The van der Waals surface area contributed by atoms with E-state index in [1.165, 1.54) is 0 Å². The van der Waals surface area contributed by atoms with E-state index in [4.69, 9.17) is 11.6 Å². The number of rotatable bonds is 7. The molecule has 2 N–H and O–H groups in total. The highest BCUT2D eigenvalue weighted by atomic mass is 35.5. The average molecular weight is 261 g/mol. The van der Waals surface area contributed by atoms with Gasteiger partial charge in [0.05, 0.1) is 11.6 Å². The molecule has 0 fully saturated rings. The lowest BCUT2D eigenvalue weighted by molar-refractivity contribution is 0.254. The van der Waals surface area contributed by atoms with E-state index in [0.29, 0.717) is 5.02 Å². The molecule has 5 heteroatoms. The van der Waals surface area contributed by atoms with Crippen LogP contribution in [0.2, 0.25) is 5.02 Å². The molecule has 16 heavy (non-hydrogen) atoms. The maximum Gasteiger partial charge on any atom is 0.115 e. The number of aromatic nitrogens is 1. The van der Waals surface area contributed by atoms with E-state index in [0.717, 1.165) is 23.7 Å². The first-order valence-electron chi connectivity index (χ1n) is 5.35. The number of halogens is 1. The van der Waals surface area contributed by atoms with Gasteiger partial charge in [0.2, 0.25) is 0 Å². The molecule has 0 aromatic carbocycles. The minimum atomic E-state index is 0.100. The summed E-state index contributed by atoms with van der Waals surface area (Å²) in [5.41, 5.74) is 0. The van der Waals surface area contributed by atoms with Crippen LogP contribution >= 0.6 is 23.4 Å². The molecule has 1 unspecified atom stereocenters. The molecular formula is C11H17ClN2OS. The third kappa shape index (κ3) is 4.70. The predicted octanol–water partition coefficient (Wildman–Crippen LogP) is 2.19. The first-order valence-corrected chi connectivity index (χ1v) is 6.71. The van der Waals surface area contributed by atoms with Gasteiger partial charge in [0, 0.05) is 18.0 Å². The smallest absolute Gasteiger partial charge is 0.115 e. The lowest BCUT2D eigenvalue weighted by Crippen LogP contribution is -2.35. The standard InChI is InChI=1S/C11H17ClN2OS/c1-2-5-13-9(7-15)8-16-11-10(12)4-3-6-14-11/h3-4,6,9,13,15H,2,5,7-8H2,1H3. The zero-order valence-electron chi connectivity index (χ0n) is 9.32. The topological polar surface area (TPSA) is 45.1 Å². The Morgan fingerprint density at radius 2 is 2.44 bits per heavy atom. The van der Waals surface area contributed by atoms with Gasteiger partial charge in [-0.1, -0.05) is 18.5 Å². The highest BCUT2D eigenvalue weighted by molar-refractivity contribution is 7.99. The van der Waals surface area contributed by atoms with E-state index in [9.17, 15) is 5.11 Å². The highest BCUT2D eigenvalue weighted by Crippen LogP contribution is 2.24. The van der Waals surface area contributed by atoms with Crippen molar-refractivity contribution in [2.24, 2.45) is 0 Å². The maximum absolute atomic E-state index is 9.17. The molecule has 1 heterocycles. The number of nitrogens with zero attached hydrogens (tertiary/aromatic N) is 1. The Balaban J connectivity index is 2.40. The van der Waals surface area contributed by atoms with Crippen molar-refractivity contribution in [3.05, 3.63) is 23.4 Å². The number of thioether (sulfide) groups is 1. The normalized spacial score (nSPS) is 12.7.